The number of phenolic OH excluding ortho intramolecular Hbond substituents is 3. The predicted molar refractivity (Wildman–Crippen MR) is 338 cm³/mol. The van der Waals surface area contributed by atoms with Gasteiger partial charge in [0, 0.05) is 35.9 Å². The second-order valence-corrected chi connectivity index (χ2v) is 21.8. The number of aliphatic hydroxyl groups is 1. The van der Waals surface area contributed by atoms with E-state index in [2.05, 4.69) is 65.6 Å². The van der Waals surface area contributed by atoms with Gasteiger partial charge in [0.2, 0.25) is 0 Å². The van der Waals surface area contributed by atoms with Gasteiger partial charge in [-0.2, -0.15) is 0 Å². The molecule has 0 aliphatic carbocycles. The first-order valence-corrected chi connectivity index (χ1v) is 30.2. The number of aromatic nitrogens is 6. The number of hydrogen-bond acceptors (Lipinski definition) is 15. The second-order valence-electron chi connectivity index (χ2n) is 21.8. The molecule has 0 aliphatic heterocycles. The molecule has 2 heterocycles. The number of nitrogens with zero attached hydrogens (tertiary/aromatic N) is 6. The van der Waals surface area contributed by atoms with Crippen LogP contribution in [0.3, 0.4) is 0 Å². The summed E-state index contributed by atoms with van der Waals surface area (Å²) in [5.41, 5.74) is 9.16. The second kappa shape index (κ2) is 32.2. The van der Waals surface area contributed by atoms with Crippen LogP contribution in [-0.2, 0) is 4.74 Å². The lowest BCUT2D eigenvalue weighted by atomic mass is 10.0. The van der Waals surface area contributed by atoms with Crippen molar-refractivity contribution in [2.24, 2.45) is 5.92 Å². The van der Waals surface area contributed by atoms with Gasteiger partial charge in [-0.1, -0.05) is 127 Å². The van der Waals surface area contributed by atoms with E-state index in [0.29, 0.717) is 101 Å². The molecule has 0 aliphatic rings. The lowest BCUT2D eigenvalue weighted by Crippen LogP contribution is -2.25. The van der Waals surface area contributed by atoms with Crippen molar-refractivity contribution in [3.63, 3.8) is 0 Å². The van der Waals surface area contributed by atoms with Gasteiger partial charge < -0.3 is 44.1 Å². The summed E-state index contributed by atoms with van der Waals surface area (Å²) < 4.78 is 29.5. The van der Waals surface area contributed by atoms with Crippen molar-refractivity contribution in [1.29, 1.82) is 0 Å². The monoisotopic (exact) mass is 1150 g/mol. The first-order chi connectivity index (χ1) is 41.1. The summed E-state index contributed by atoms with van der Waals surface area (Å²) in [5, 5.41) is 43.2. The summed E-state index contributed by atoms with van der Waals surface area (Å²) in [5.74, 6) is 5.18. The molecule has 0 saturated carbocycles. The number of unbranched alkanes of at least 4 members (excludes halogenated alkanes) is 4. The highest BCUT2D eigenvalue weighted by atomic mass is 16.5. The fraction of sp³-hybridized carbons (Fsp3) is 0.400. The zero-order chi connectivity index (χ0) is 60.8. The maximum absolute atomic E-state index is 11.0. The van der Waals surface area contributed by atoms with E-state index in [9.17, 15) is 20.4 Å². The molecule has 0 amide bonds. The van der Waals surface area contributed by atoms with E-state index in [1.165, 1.54) is 18.9 Å². The summed E-state index contributed by atoms with van der Waals surface area (Å²) in [7, 11) is 0. The number of aliphatic hydroxyl groups excluding tert-OH is 1. The van der Waals surface area contributed by atoms with Gasteiger partial charge in [-0.05, 0) is 131 Å². The Morgan fingerprint density at radius 1 is 0.376 bits per heavy atom. The molecule has 6 aromatic carbocycles. The zero-order valence-electron chi connectivity index (χ0n) is 51.4. The normalized spacial score (nSPS) is 11.8. The van der Waals surface area contributed by atoms with Crippen LogP contribution >= 0.6 is 0 Å². The summed E-state index contributed by atoms with van der Waals surface area (Å²) >= 11 is 0. The van der Waals surface area contributed by atoms with Crippen molar-refractivity contribution in [2.45, 2.75) is 140 Å². The minimum absolute atomic E-state index is 0.0145. The molecule has 15 nitrogen and oxygen atoms in total. The number of hydrogen-bond donors (Lipinski definition) is 4. The molecule has 0 fully saturated rings. The van der Waals surface area contributed by atoms with Crippen LogP contribution < -0.4 is 18.9 Å². The summed E-state index contributed by atoms with van der Waals surface area (Å²) in [6.07, 6.45) is 9.63. The van der Waals surface area contributed by atoms with Gasteiger partial charge >= 0.3 is 0 Å². The van der Waals surface area contributed by atoms with Crippen LogP contribution in [0.15, 0.2) is 109 Å². The summed E-state index contributed by atoms with van der Waals surface area (Å²) in [6, 6.07) is 33.4. The number of aryl methyl sites for hydroxylation is 5. The Morgan fingerprint density at radius 3 is 1.19 bits per heavy atom. The fourth-order valence-corrected chi connectivity index (χ4v) is 9.42. The number of rotatable bonds is 29. The topological polar surface area (TPSA) is 204 Å². The van der Waals surface area contributed by atoms with Gasteiger partial charge in [0.15, 0.2) is 34.9 Å². The van der Waals surface area contributed by atoms with E-state index < -0.39 is 6.10 Å². The molecule has 2 atom stereocenters. The molecule has 8 aromatic rings. The maximum atomic E-state index is 11.0. The number of benzene rings is 6. The first kappa shape index (κ1) is 64.4. The Morgan fingerprint density at radius 2 is 0.753 bits per heavy atom. The van der Waals surface area contributed by atoms with E-state index in [0.717, 1.165) is 90.3 Å². The average molecular weight is 1160 g/mol. The standard InChI is InChI=1S/C36H45N3O4.C34H41N3O5/c1-7-9-10-27(8-2)20-42-21-28(40)22-43-29-13-16-32(33(41)19-29)36-38-34(30-14-11-23(3)17-25(30)5)37-35(39-36)31-15-12-24(4)18-26(31)6;1-5-8-17-40-24-12-15-27(30(39)21-24)33-35-32(26-14-11-23(4)20-29(26)38)36-34(37-33)28-16-13-25(41-18-9-6-2)22-31(28)42-19-10-7-3/h11-19,27-28,40-41H,7-10,20-22H2,1-6H3;11-16,20-22,38-39H,5-10,17-19H2,1-4H3. The number of ether oxygens (including phenoxy) is 5. The molecule has 0 radical (unpaired) electrons. The van der Waals surface area contributed by atoms with E-state index in [4.69, 9.17) is 48.6 Å². The highest BCUT2D eigenvalue weighted by molar-refractivity contribution is 5.75. The van der Waals surface area contributed by atoms with Crippen LogP contribution in [-0.4, -0.2) is 96.1 Å². The van der Waals surface area contributed by atoms with Gasteiger partial charge in [0.25, 0.3) is 0 Å². The summed E-state index contributed by atoms with van der Waals surface area (Å²) in [4.78, 5) is 28.7. The number of aromatic hydroxyl groups is 3. The Kier molecular flexibility index (Phi) is 24.4. The molecule has 0 spiro atoms. The van der Waals surface area contributed by atoms with Gasteiger partial charge in [0.1, 0.15) is 53.0 Å². The quantitative estimate of drug-likeness (QED) is 0.0322. The van der Waals surface area contributed by atoms with Crippen LogP contribution in [0.5, 0.6) is 40.2 Å². The van der Waals surface area contributed by atoms with Crippen molar-refractivity contribution in [2.75, 3.05) is 39.6 Å². The minimum Gasteiger partial charge on any atom is -0.507 e. The highest BCUT2D eigenvalue weighted by Crippen LogP contribution is 2.39. The van der Waals surface area contributed by atoms with Crippen molar-refractivity contribution >= 4 is 0 Å². The Labute approximate surface area is 502 Å². The van der Waals surface area contributed by atoms with Crippen LogP contribution in [0.2, 0.25) is 0 Å². The zero-order valence-corrected chi connectivity index (χ0v) is 51.4. The minimum atomic E-state index is -0.769. The Balaban J connectivity index is 0.000000244. The van der Waals surface area contributed by atoms with Gasteiger partial charge in [-0.25, -0.2) is 29.9 Å². The molecule has 0 saturated heterocycles. The molecule has 15 heteroatoms. The number of phenols is 3. The van der Waals surface area contributed by atoms with E-state index in [1.54, 1.807) is 42.5 Å². The third-order valence-corrected chi connectivity index (χ3v) is 14.5. The molecule has 8 rings (SSSR count). The molecule has 4 N–H and O–H groups in total. The smallest absolute Gasteiger partial charge is 0.167 e. The first-order valence-electron chi connectivity index (χ1n) is 30.2. The molecule has 2 unspecified atom stereocenters. The largest absolute Gasteiger partial charge is 0.507 e. The fourth-order valence-electron chi connectivity index (χ4n) is 9.42. The molecule has 0 bridgehead atoms. The average Bonchev–Trinajstić information content (AvgIpc) is 3.55. The van der Waals surface area contributed by atoms with Gasteiger partial charge in [-0.3, -0.25) is 0 Å². The lowest BCUT2D eigenvalue weighted by molar-refractivity contribution is -0.00111. The molecule has 2 aromatic heterocycles. The van der Waals surface area contributed by atoms with Crippen molar-refractivity contribution in [3.05, 3.63) is 137 Å². The van der Waals surface area contributed by atoms with Crippen LogP contribution in [0.1, 0.15) is 127 Å². The molecule has 450 valence electrons. The SMILES string of the molecule is CCCCC(CC)COCC(O)COc1ccc(-c2nc(-c3ccc(C)cc3C)nc(-c3ccc(C)cc3C)n2)c(O)c1.CCCCOc1ccc(-c2nc(-c3ccc(C)cc3O)nc(-c3ccc(OCCCC)cc3OCCCC)n2)c(O)c1. The van der Waals surface area contributed by atoms with Gasteiger partial charge in [0.05, 0.1) is 48.7 Å². The van der Waals surface area contributed by atoms with Crippen LogP contribution in [0, 0.1) is 40.5 Å². The van der Waals surface area contributed by atoms with E-state index in [-0.39, 0.29) is 42.1 Å². The third-order valence-electron chi connectivity index (χ3n) is 14.5. The van der Waals surface area contributed by atoms with Crippen molar-refractivity contribution in [3.8, 4) is 109 Å². The molecule has 85 heavy (non-hydrogen) atoms. The van der Waals surface area contributed by atoms with E-state index in [1.807, 2.05) is 69.3 Å². The van der Waals surface area contributed by atoms with Gasteiger partial charge in [-0.15, -0.1) is 0 Å². The predicted octanol–water partition coefficient (Wildman–Crippen LogP) is 15.9. The summed E-state index contributed by atoms with van der Waals surface area (Å²) in [6.45, 7) is 23.4. The lowest BCUT2D eigenvalue weighted by Gasteiger charge is -2.17. The van der Waals surface area contributed by atoms with Crippen molar-refractivity contribution in [1.82, 2.24) is 29.9 Å². The maximum Gasteiger partial charge on any atom is 0.167 e. The van der Waals surface area contributed by atoms with Crippen molar-refractivity contribution < 1.29 is 44.1 Å². The van der Waals surface area contributed by atoms with E-state index >= 15 is 0 Å². The Bertz CT molecular complexity index is 3380. The highest BCUT2D eigenvalue weighted by Gasteiger charge is 2.22. The molecular weight excluding hydrogens is 1070 g/mol. The van der Waals surface area contributed by atoms with Crippen LogP contribution in [0.4, 0.5) is 0 Å². The molecular formula is C70H86N6O9. The van der Waals surface area contributed by atoms with Crippen LogP contribution in [0.25, 0.3) is 68.3 Å². The Hall–Kier alpha value is -8.14. The third kappa shape index (κ3) is 18.4.